The van der Waals surface area contributed by atoms with E-state index in [0.29, 0.717) is 11.9 Å². The fraction of sp³-hybridized carbons (Fsp3) is 0.300. The number of rotatable bonds is 8. The summed E-state index contributed by atoms with van der Waals surface area (Å²) in [7, 11) is 0. The van der Waals surface area contributed by atoms with Crippen LogP contribution in [0.1, 0.15) is 31.7 Å². The van der Waals surface area contributed by atoms with Gasteiger partial charge in [0.1, 0.15) is 0 Å². The first-order chi connectivity index (χ1) is 13.5. The molecule has 3 rings (SSSR count). The first kappa shape index (κ1) is 19.3. The van der Waals surface area contributed by atoms with Crippen molar-refractivity contribution in [3.63, 3.8) is 0 Å². The molecule has 0 aliphatic heterocycles. The molecule has 0 aliphatic rings. The van der Waals surface area contributed by atoms with Crippen molar-refractivity contribution in [1.29, 1.82) is 0 Å². The van der Waals surface area contributed by atoms with Crippen LogP contribution in [0, 0.1) is 10.1 Å². The van der Waals surface area contributed by atoms with Crippen molar-refractivity contribution in [2.45, 2.75) is 39.2 Å². The van der Waals surface area contributed by atoms with E-state index in [1.165, 1.54) is 28.3 Å². The Balaban J connectivity index is 1.58. The SMILES string of the molecule is CCCc1ccc(NC(=O)CCCn2c(=O)oc3cc([N+](=O)[O-])ccc32)cc1. The molecule has 28 heavy (non-hydrogen) atoms. The monoisotopic (exact) mass is 383 g/mol. The summed E-state index contributed by atoms with van der Waals surface area (Å²) in [6.45, 7) is 2.40. The number of hydrogen-bond donors (Lipinski definition) is 1. The number of nitrogens with one attached hydrogen (secondary N) is 1. The molecule has 3 aromatic rings. The van der Waals surface area contributed by atoms with E-state index in [0.717, 1.165) is 18.5 Å². The van der Waals surface area contributed by atoms with E-state index in [2.05, 4.69) is 12.2 Å². The Morgan fingerprint density at radius 3 is 2.64 bits per heavy atom. The van der Waals surface area contributed by atoms with Crippen molar-refractivity contribution < 1.29 is 14.1 Å². The zero-order valence-corrected chi connectivity index (χ0v) is 15.5. The van der Waals surface area contributed by atoms with E-state index >= 15 is 0 Å². The number of non-ortho nitro benzene ring substituents is 1. The van der Waals surface area contributed by atoms with E-state index < -0.39 is 10.7 Å². The number of carbonyl (C=O) groups is 1. The minimum Gasteiger partial charge on any atom is -0.407 e. The Kier molecular flexibility index (Phi) is 5.88. The van der Waals surface area contributed by atoms with Gasteiger partial charge >= 0.3 is 5.76 Å². The average Bonchev–Trinajstić information content (AvgIpc) is 2.98. The molecule has 0 spiro atoms. The lowest BCUT2D eigenvalue weighted by Gasteiger charge is -2.07. The molecule has 0 bridgehead atoms. The topological polar surface area (TPSA) is 107 Å². The van der Waals surface area contributed by atoms with Gasteiger partial charge in [-0.05, 0) is 36.6 Å². The summed E-state index contributed by atoms with van der Waals surface area (Å²) in [4.78, 5) is 34.4. The zero-order valence-electron chi connectivity index (χ0n) is 15.5. The molecule has 0 atom stereocenters. The summed E-state index contributed by atoms with van der Waals surface area (Å²) < 4.78 is 6.46. The third kappa shape index (κ3) is 4.46. The van der Waals surface area contributed by atoms with Crippen molar-refractivity contribution in [3.8, 4) is 0 Å². The van der Waals surface area contributed by atoms with Crippen LogP contribution in [0.5, 0.6) is 0 Å². The normalized spacial score (nSPS) is 10.9. The van der Waals surface area contributed by atoms with Gasteiger partial charge in [-0.3, -0.25) is 19.5 Å². The fourth-order valence-electron chi connectivity index (χ4n) is 3.04. The Labute approximate surface area is 160 Å². The Hall–Kier alpha value is -3.42. The molecule has 1 aromatic heterocycles. The van der Waals surface area contributed by atoms with Gasteiger partial charge in [0.25, 0.3) is 5.69 Å². The van der Waals surface area contributed by atoms with E-state index in [-0.39, 0.29) is 30.1 Å². The first-order valence-corrected chi connectivity index (χ1v) is 9.14. The van der Waals surface area contributed by atoms with Gasteiger partial charge in [0.15, 0.2) is 5.58 Å². The maximum absolute atomic E-state index is 12.1. The Bertz CT molecular complexity index is 1050. The minimum atomic E-state index is -0.595. The smallest absolute Gasteiger partial charge is 0.407 e. The second-order valence-electron chi connectivity index (χ2n) is 6.53. The molecular weight excluding hydrogens is 362 g/mol. The Morgan fingerprint density at radius 2 is 1.96 bits per heavy atom. The number of oxazole rings is 1. The molecule has 1 heterocycles. The first-order valence-electron chi connectivity index (χ1n) is 9.14. The van der Waals surface area contributed by atoms with Crippen molar-refractivity contribution in [3.05, 3.63) is 68.7 Å². The number of anilines is 1. The van der Waals surface area contributed by atoms with E-state index in [1.807, 2.05) is 24.3 Å². The van der Waals surface area contributed by atoms with Gasteiger partial charge in [0, 0.05) is 24.7 Å². The van der Waals surface area contributed by atoms with Crippen LogP contribution in [0.3, 0.4) is 0 Å². The van der Waals surface area contributed by atoms with Crippen LogP contribution in [0.15, 0.2) is 51.7 Å². The van der Waals surface area contributed by atoms with Crippen molar-refractivity contribution in [2.24, 2.45) is 0 Å². The molecule has 8 nitrogen and oxygen atoms in total. The Morgan fingerprint density at radius 1 is 1.21 bits per heavy atom. The third-order valence-corrected chi connectivity index (χ3v) is 4.42. The van der Waals surface area contributed by atoms with Crippen LogP contribution in [0.25, 0.3) is 11.1 Å². The lowest BCUT2D eigenvalue weighted by Crippen LogP contribution is -2.17. The van der Waals surface area contributed by atoms with Crippen LogP contribution < -0.4 is 11.1 Å². The predicted octanol–water partition coefficient (Wildman–Crippen LogP) is 3.87. The molecule has 1 N–H and O–H groups in total. The lowest BCUT2D eigenvalue weighted by molar-refractivity contribution is -0.384. The van der Waals surface area contributed by atoms with Gasteiger partial charge in [-0.15, -0.1) is 0 Å². The second-order valence-corrected chi connectivity index (χ2v) is 6.53. The number of hydrogen-bond acceptors (Lipinski definition) is 5. The quantitative estimate of drug-likeness (QED) is 0.469. The lowest BCUT2D eigenvalue weighted by atomic mass is 10.1. The van der Waals surface area contributed by atoms with Gasteiger partial charge in [-0.2, -0.15) is 0 Å². The molecule has 0 unspecified atom stereocenters. The van der Waals surface area contributed by atoms with Gasteiger partial charge in [0.2, 0.25) is 5.91 Å². The number of nitro groups is 1. The number of carbonyl (C=O) groups excluding carboxylic acids is 1. The van der Waals surface area contributed by atoms with Crippen LogP contribution in [0.2, 0.25) is 0 Å². The summed E-state index contributed by atoms with van der Waals surface area (Å²) in [5, 5.41) is 13.7. The number of amides is 1. The number of nitro benzene ring substituents is 1. The van der Waals surface area contributed by atoms with E-state index in [1.54, 1.807) is 0 Å². The summed E-state index contributed by atoms with van der Waals surface area (Å²) in [5.74, 6) is -0.734. The van der Waals surface area contributed by atoms with Gasteiger partial charge < -0.3 is 9.73 Å². The summed E-state index contributed by atoms with van der Waals surface area (Å²) in [6.07, 6.45) is 2.75. The second kappa shape index (κ2) is 8.51. The highest BCUT2D eigenvalue weighted by molar-refractivity contribution is 5.90. The van der Waals surface area contributed by atoms with Gasteiger partial charge in [-0.25, -0.2) is 4.79 Å². The maximum Gasteiger partial charge on any atom is 0.419 e. The third-order valence-electron chi connectivity index (χ3n) is 4.42. The maximum atomic E-state index is 12.1. The fourth-order valence-corrected chi connectivity index (χ4v) is 3.04. The molecule has 0 aliphatic carbocycles. The van der Waals surface area contributed by atoms with E-state index in [4.69, 9.17) is 4.42 Å². The molecule has 0 saturated carbocycles. The zero-order chi connectivity index (χ0) is 20.1. The number of aryl methyl sites for hydroxylation is 2. The largest absolute Gasteiger partial charge is 0.419 e. The highest BCUT2D eigenvalue weighted by Crippen LogP contribution is 2.20. The molecule has 8 heteroatoms. The number of nitrogens with zero attached hydrogens (tertiary/aromatic N) is 2. The average molecular weight is 383 g/mol. The molecule has 1 amide bonds. The summed E-state index contributed by atoms with van der Waals surface area (Å²) in [5.41, 5.74) is 2.46. The molecule has 0 saturated heterocycles. The number of fused-ring (bicyclic) bond motifs is 1. The summed E-state index contributed by atoms with van der Waals surface area (Å²) >= 11 is 0. The van der Waals surface area contributed by atoms with Crippen molar-refractivity contribution in [1.82, 2.24) is 4.57 Å². The molecule has 0 radical (unpaired) electrons. The van der Waals surface area contributed by atoms with Crippen LogP contribution in [-0.4, -0.2) is 15.4 Å². The van der Waals surface area contributed by atoms with Crippen molar-refractivity contribution >= 4 is 28.4 Å². The highest BCUT2D eigenvalue weighted by atomic mass is 16.6. The van der Waals surface area contributed by atoms with Crippen molar-refractivity contribution in [2.75, 3.05) is 5.32 Å². The van der Waals surface area contributed by atoms with Crippen LogP contribution >= 0.6 is 0 Å². The van der Waals surface area contributed by atoms with Crippen LogP contribution in [-0.2, 0) is 17.8 Å². The number of aromatic nitrogens is 1. The highest BCUT2D eigenvalue weighted by Gasteiger charge is 2.14. The summed E-state index contributed by atoms with van der Waals surface area (Å²) in [6, 6.07) is 11.8. The molecule has 0 fully saturated rings. The standard InChI is InChI=1S/C20H21N3O5/c1-2-4-14-6-8-15(9-7-14)21-19(24)5-3-12-22-17-11-10-16(23(26)27)13-18(17)28-20(22)25/h6-11,13H,2-5,12H2,1H3,(H,21,24). The number of benzene rings is 2. The molecular formula is C20H21N3O5. The van der Waals surface area contributed by atoms with Gasteiger partial charge in [-0.1, -0.05) is 25.5 Å². The minimum absolute atomic E-state index is 0.139. The van der Waals surface area contributed by atoms with Gasteiger partial charge in [0.05, 0.1) is 16.5 Å². The predicted molar refractivity (Wildman–Crippen MR) is 105 cm³/mol. The molecule has 146 valence electrons. The van der Waals surface area contributed by atoms with E-state index in [9.17, 15) is 19.7 Å². The molecule has 2 aromatic carbocycles. The van der Waals surface area contributed by atoms with Crippen LogP contribution in [0.4, 0.5) is 11.4 Å².